The second-order valence-corrected chi connectivity index (χ2v) is 9.52. The fourth-order valence-corrected chi connectivity index (χ4v) is 4.51. The van der Waals surface area contributed by atoms with E-state index in [-0.39, 0.29) is 11.9 Å². The van der Waals surface area contributed by atoms with E-state index in [1.165, 1.54) is 11.1 Å². The summed E-state index contributed by atoms with van der Waals surface area (Å²) in [5.74, 6) is 1.75. The minimum atomic E-state index is -0.214. The molecule has 0 spiro atoms. The maximum absolute atomic E-state index is 12.7. The zero-order valence-electron chi connectivity index (χ0n) is 20.6. The lowest BCUT2D eigenvalue weighted by atomic mass is 10.1. The number of carbonyl (C=O) groups is 1. The number of nitrogens with one attached hydrogen (secondary N) is 1. The van der Waals surface area contributed by atoms with Crippen LogP contribution in [0.25, 0.3) is 11.0 Å². The smallest absolute Gasteiger partial charge is 0.224 e. The van der Waals surface area contributed by atoms with E-state index in [4.69, 9.17) is 21.3 Å². The Balaban J connectivity index is 1.38. The standard InChI is InChI=1S/C29H32ClN3O2/c1-20-16-21(2)18-25(17-20)35-15-7-6-14-33-27-9-5-4-8-26(27)32-29(33)22(3)31-28(34)19-23-10-12-24(30)13-11-23/h4-5,8-13,16-18,22H,6-7,14-15,19H2,1-3H3,(H,31,34). The van der Waals surface area contributed by atoms with Crippen molar-refractivity contribution in [2.24, 2.45) is 0 Å². The maximum atomic E-state index is 12.7. The van der Waals surface area contributed by atoms with Crippen LogP contribution in [0.1, 0.15) is 48.3 Å². The van der Waals surface area contributed by atoms with Gasteiger partial charge in [-0.1, -0.05) is 41.9 Å². The van der Waals surface area contributed by atoms with Gasteiger partial charge in [0.2, 0.25) is 5.91 Å². The van der Waals surface area contributed by atoms with Gasteiger partial charge in [-0.3, -0.25) is 4.79 Å². The predicted molar refractivity (Wildman–Crippen MR) is 142 cm³/mol. The summed E-state index contributed by atoms with van der Waals surface area (Å²) in [7, 11) is 0. The third-order valence-electron chi connectivity index (χ3n) is 5.97. The summed E-state index contributed by atoms with van der Waals surface area (Å²) in [5, 5.41) is 3.78. The molecule has 1 aromatic heterocycles. The average molecular weight is 490 g/mol. The maximum Gasteiger partial charge on any atom is 0.224 e. The highest BCUT2D eigenvalue weighted by Gasteiger charge is 2.18. The lowest BCUT2D eigenvalue weighted by Gasteiger charge is -2.17. The molecule has 1 heterocycles. The molecule has 1 unspecified atom stereocenters. The number of unbranched alkanes of at least 4 members (excludes halogenated alkanes) is 1. The normalized spacial score (nSPS) is 12.0. The molecule has 35 heavy (non-hydrogen) atoms. The summed E-state index contributed by atoms with van der Waals surface area (Å²) in [6.45, 7) is 7.63. The monoisotopic (exact) mass is 489 g/mol. The number of aryl methyl sites for hydroxylation is 3. The highest BCUT2D eigenvalue weighted by molar-refractivity contribution is 6.30. The summed E-state index contributed by atoms with van der Waals surface area (Å²) in [6, 6.07) is 21.6. The number of ether oxygens (including phenoxy) is 1. The Morgan fingerprint density at radius 2 is 1.74 bits per heavy atom. The van der Waals surface area contributed by atoms with Crippen molar-refractivity contribution in [3.8, 4) is 5.75 Å². The molecule has 6 heteroatoms. The van der Waals surface area contributed by atoms with Crippen LogP contribution in [0.4, 0.5) is 0 Å². The van der Waals surface area contributed by atoms with E-state index >= 15 is 0 Å². The molecule has 0 radical (unpaired) electrons. The average Bonchev–Trinajstić information content (AvgIpc) is 3.18. The van der Waals surface area contributed by atoms with Crippen molar-refractivity contribution >= 4 is 28.5 Å². The number of benzene rings is 3. The molecule has 0 aliphatic carbocycles. The molecule has 3 aromatic carbocycles. The minimum Gasteiger partial charge on any atom is -0.494 e. The van der Waals surface area contributed by atoms with Crippen LogP contribution in [-0.2, 0) is 17.8 Å². The fraction of sp³-hybridized carbons (Fsp3) is 0.310. The van der Waals surface area contributed by atoms with Gasteiger partial charge in [-0.2, -0.15) is 0 Å². The first-order valence-corrected chi connectivity index (χ1v) is 12.5. The van der Waals surface area contributed by atoms with Gasteiger partial charge in [-0.15, -0.1) is 0 Å². The Labute approximate surface area is 212 Å². The first-order valence-electron chi connectivity index (χ1n) is 12.1. The van der Waals surface area contributed by atoms with Gasteiger partial charge in [0.25, 0.3) is 0 Å². The molecule has 4 aromatic rings. The molecule has 1 atom stereocenters. The van der Waals surface area contributed by atoms with Crippen LogP contribution in [0.15, 0.2) is 66.7 Å². The molecule has 0 saturated carbocycles. The predicted octanol–water partition coefficient (Wildman–Crippen LogP) is 6.59. The van der Waals surface area contributed by atoms with E-state index in [9.17, 15) is 4.79 Å². The van der Waals surface area contributed by atoms with Gasteiger partial charge in [0.05, 0.1) is 30.1 Å². The van der Waals surface area contributed by atoms with Crippen LogP contribution in [0.5, 0.6) is 5.75 Å². The second-order valence-electron chi connectivity index (χ2n) is 9.08. The van der Waals surface area contributed by atoms with Gasteiger partial charge in [-0.05, 0) is 86.7 Å². The van der Waals surface area contributed by atoms with Crippen molar-refractivity contribution in [3.63, 3.8) is 0 Å². The first-order chi connectivity index (χ1) is 16.9. The van der Waals surface area contributed by atoms with Crippen LogP contribution in [0, 0.1) is 13.8 Å². The first kappa shape index (κ1) is 24.8. The molecular weight excluding hydrogens is 458 g/mol. The Morgan fingerprint density at radius 3 is 2.49 bits per heavy atom. The Kier molecular flexibility index (Phi) is 8.09. The summed E-state index contributed by atoms with van der Waals surface area (Å²) in [6.07, 6.45) is 2.18. The lowest BCUT2D eigenvalue weighted by Crippen LogP contribution is -2.30. The molecule has 1 amide bonds. The number of imidazole rings is 1. The van der Waals surface area contributed by atoms with E-state index in [1.54, 1.807) is 12.1 Å². The van der Waals surface area contributed by atoms with E-state index in [0.29, 0.717) is 18.1 Å². The number of hydrogen-bond donors (Lipinski definition) is 1. The number of para-hydroxylation sites is 2. The van der Waals surface area contributed by atoms with Crippen LogP contribution in [0.2, 0.25) is 5.02 Å². The summed E-state index contributed by atoms with van der Waals surface area (Å²) in [4.78, 5) is 17.5. The number of amides is 1. The number of hydrogen-bond acceptors (Lipinski definition) is 3. The van der Waals surface area contributed by atoms with E-state index in [1.807, 2.05) is 37.3 Å². The number of aromatic nitrogens is 2. The van der Waals surface area contributed by atoms with Crippen molar-refractivity contribution in [2.45, 2.75) is 52.6 Å². The largest absolute Gasteiger partial charge is 0.494 e. The van der Waals surface area contributed by atoms with Crippen molar-refractivity contribution in [1.82, 2.24) is 14.9 Å². The van der Waals surface area contributed by atoms with Crippen molar-refractivity contribution < 1.29 is 9.53 Å². The molecule has 182 valence electrons. The summed E-state index contributed by atoms with van der Waals surface area (Å²) >= 11 is 5.95. The molecule has 5 nitrogen and oxygen atoms in total. The second kappa shape index (κ2) is 11.4. The van der Waals surface area contributed by atoms with Gasteiger partial charge in [0.15, 0.2) is 0 Å². The Hall–Kier alpha value is -3.31. The lowest BCUT2D eigenvalue weighted by molar-refractivity contribution is -0.121. The van der Waals surface area contributed by atoms with Crippen LogP contribution in [-0.4, -0.2) is 22.1 Å². The van der Waals surface area contributed by atoms with Gasteiger partial charge in [-0.25, -0.2) is 4.98 Å². The molecule has 0 aliphatic rings. The zero-order valence-corrected chi connectivity index (χ0v) is 21.3. The SMILES string of the molecule is Cc1cc(C)cc(OCCCCn2c(C(C)NC(=O)Cc3ccc(Cl)cc3)nc3ccccc32)c1. The number of carbonyl (C=O) groups excluding carboxylic acids is 1. The molecule has 0 aliphatic heterocycles. The highest BCUT2D eigenvalue weighted by Crippen LogP contribution is 2.22. The summed E-state index contributed by atoms with van der Waals surface area (Å²) in [5.41, 5.74) is 5.36. The molecule has 1 N–H and O–H groups in total. The van der Waals surface area contributed by atoms with Gasteiger partial charge >= 0.3 is 0 Å². The number of nitrogens with zero attached hydrogens (tertiary/aromatic N) is 2. The van der Waals surface area contributed by atoms with Gasteiger partial charge in [0, 0.05) is 11.6 Å². The van der Waals surface area contributed by atoms with E-state index in [2.05, 4.69) is 48.0 Å². The number of fused-ring (bicyclic) bond motifs is 1. The molecule has 0 saturated heterocycles. The van der Waals surface area contributed by atoms with E-state index in [0.717, 1.165) is 47.6 Å². The number of halogens is 1. The van der Waals surface area contributed by atoms with Crippen molar-refractivity contribution in [3.05, 3.63) is 94.3 Å². The summed E-state index contributed by atoms with van der Waals surface area (Å²) < 4.78 is 8.20. The molecule has 0 fully saturated rings. The van der Waals surface area contributed by atoms with Gasteiger partial charge in [0.1, 0.15) is 11.6 Å². The zero-order chi connectivity index (χ0) is 24.8. The number of rotatable bonds is 10. The van der Waals surface area contributed by atoms with Crippen molar-refractivity contribution in [2.75, 3.05) is 6.61 Å². The quantitative estimate of drug-likeness (QED) is 0.256. The highest BCUT2D eigenvalue weighted by atomic mass is 35.5. The molecule has 0 bridgehead atoms. The van der Waals surface area contributed by atoms with Gasteiger partial charge < -0.3 is 14.6 Å². The fourth-order valence-electron chi connectivity index (χ4n) is 4.38. The van der Waals surface area contributed by atoms with Crippen LogP contribution >= 0.6 is 11.6 Å². The molecular formula is C29H32ClN3O2. The van der Waals surface area contributed by atoms with Crippen LogP contribution < -0.4 is 10.1 Å². The third kappa shape index (κ3) is 6.64. The Bertz CT molecular complexity index is 1280. The van der Waals surface area contributed by atoms with E-state index < -0.39 is 0 Å². The molecule has 4 rings (SSSR count). The minimum absolute atomic E-state index is 0.0414. The van der Waals surface area contributed by atoms with Crippen molar-refractivity contribution in [1.29, 1.82) is 0 Å². The Morgan fingerprint density at radius 1 is 1.03 bits per heavy atom. The topological polar surface area (TPSA) is 56.1 Å². The third-order valence-corrected chi connectivity index (χ3v) is 6.22. The van der Waals surface area contributed by atoms with Crippen LogP contribution in [0.3, 0.4) is 0 Å².